The first-order valence-corrected chi connectivity index (χ1v) is 6.16. The smallest absolute Gasteiger partial charge is 0.330 e. The summed E-state index contributed by atoms with van der Waals surface area (Å²) < 4.78 is 11.9. The van der Waals surface area contributed by atoms with E-state index in [0.29, 0.717) is 5.56 Å². The van der Waals surface area contributed by atoms with Crippen LogP contribution >= 0.6 is 0 Å². The van der Waals surface area contributed by atoms with E-state index in [0.717, 1.165) is 4.57 Å². The second kappa shape index (κ2) is 5.13. The molecular formula is C12H18N2O6. The van der Waals surface area contributed by atoms with Crippen molar-refractivity contribution >= 4 is 0 Å². The van der Waals surface area contributed by atoms with E-state index in [-0.39, 0.29) is 0 Å². The van der Waals surface area contributed by atoms with E-state index in [9.17, 15) is 19.8 Å². The molecule has 8 heteroatoms. The highest BCUT2D eigenvalue weighted by atomic mass is 16.6. The number of ether oxygens (including phenoxy) is 2. The van der Waals surface area contributed by atoms with Crippen molar-refractivity contribution < 1.29 is 19.7 Å². The number of hydrogen-bond donors (Lipinski definition) is 3. The van der Waals surface area contributed by atoms with Crippen LogP contribution < -0.4 is 11.2 Å². The summed E-state index contributed by atoms with van der Waals surface area (Å²) in [6.07, 6.45) is -1.34. The molecule has 0 unspecified atom stereocenters. The summed E-state index contributed by atoms with van der Waals surface area (Å²) in [7, 11) is 1.37. The van der Waals surface area contributed by atoms with E-state index < -0.39 is 41.9 Å². The number of H-pyrrole nitrogens is 1. The van der Waals surface area contributed by atoms with Crippen molar-refractivity contribution in [2.75, 3.05) is 13.7 Å². The molecule has 0 bridgehead atoms. The molecule has 2 heterocycles. The lowest BCUT2D eigenvalue weighted by Crippen LogP contribution is -2.48. The second-order valence-corrected chi connectivity index (χ2v) is 5.06. The number of nitrogens with one attached hydrogen (secondary N) is 1. The number of aromatic amines is 1. The Morgan fingerprint density at radius 2 is 2.20 bits per heavy atom. The van der Waals surface area contributed by atoms with E-state index in [4.69, 9.17) is 9.47 Å². The van der Waals surface area contributed by atoms with Gasteiger partial charge in [0.1, 0.15) is 17.8 Å². The fraction of sp³-hybridized carbons (Fsp3) is 0.667. The highest BCUT2D eigenvalue weighted by molar-refractivity contribution is 5.05. The molecule has 1 aromatic heterocycles. The summed E-state index contributed by atoms with van der Waals surface area (Å²) >= 11 is 0. The van der Waals surface area contributed by atoms with Crippen LogP contribution in [-0.4, -0.2) is 51.3 Å². The third-order valence-electron chi connectivity index (χ3n) is 3.63. The third-order valence-corrected chi connectivity index (χ3v) is 3.63. The van der Waals surface area contributed by atoms with Crippen LogP contribution in [0.4, 0.5) is 0 Å². The highest BCUT2D eigenvalue weighted by Gasteiger charge is 2.54. The molecule has 0 aliphatic carbocycles. The minimum absolute atomic E-state index is 0.329. The maximum Gasteiger partial charge on any atom is 0.330 e. The van der Waals surface area contributed by atoms with Crippen LogP contribution in [-0.2, 0) is 9.47 Å². The van der Waals surface area contributed by atoms with Crippen LogP contribution in [0.1, 0.15) is 18.7 Å². The van der Waals surface area contributed by atoms with Crippen molar-refractivity contribution in [2.45, 2.75) is 37.9 Å². The lowest BCUT2D eigenvalue weighted by Gasteiger charge is -2.28. The number of methoxy groups -OCH3 is 1. The zero-order valence-electron chi connectivity index (χ0n) is 11.5. The molecule has 1 aromatic rings. The number of aromatic nitrogens is 2. The molecule has 1 fully saturated rings. The zero-order valence-corrected chi connectivity index (χ0v) is 11.5. The number of aliphatic hydroxyl groups excluding tert-OH is 1. The van der Waals surface area contributed by atoms with Crippen LogP contribution in [0.5, 0.6) is 0 Å². The predicted molar refractivity (Wildman–Crippen MR) is 68.5 cm³/mol. The Morgan fingerprint density at radius 3 is 2.75 bits per heavy atom. The largest absolute Gasteiger partial charge is 0.394 e. The van der Waals surface area contributed by atoms with Crippen molar-refractivity contribution in [3.8, 4) is 0 Å². The number of hydrogen-bond acceptors (Lipinski definition) is 6. The SMILES string of the molecule is CO[C@H]1[C@H](n2cc(C)c(=O)[nH]c2=O)O[C@H](CO)[C@@]1(C)O. The Balaban J connectivity index is 2.50. The molecule has 4 atom stereocenters. The Bertz CT molecular complexity index is 605. The van der Waals surface area contributed by atoms with Gasteiger partial charge in [-0.15, -0.1) is 0 Å². The van der Waals surface area contributed by atoms with Gasteiger partial charge in [-0.1, -0.05) is 0 Å². The summed E-state index contributed by atoms with van der Waals surface area (Å²) in [4.78, 5) is 25.4. The fourth-order valence-electron chi connectivity index (χ4n) is 2.42. The molecule has 1 aliphatic heterocycles. The molecule has 0 spiro atoms. The fourth-order valence-corrected chi connectivity index (χ4v) is 2.42. The normalized spacial score (nSPS) is 33.5. The zero-order chi connectivity index (χ0) is 15.1. The Morgan fingerprint density at radius 1 is 1.55 bits per heavy atom. The third kappa shape index (κ3) is 2.20. The Labute approximate surface area is 114 Å². The number of aryl methyl sites for hydroxylation is 1. The molecule has 1 saturated heterocycles. The van der Waals surface area contributed by atoms with Crippen LogP contribution in [0.15, 0.2) is 15.8 Å². The van der Waals surface area contributed by atoms with Crippen molar-refractivity contribution in [3.63, 3.8) is 0 Å². The monoisotopic (exact) mass is 286 g/mol. The van der Waals surface area contributed by atoms with Gasteiger partial charge in [-0.05, 0) is 13.8 Å². The molecule has 0 radical (unpaired) electrons. The van der Waals surface area contributed by atoms with Gasteiger partial charge < -0.3 is 19.7 Å². The minimum Gasteiger partial charge on any atom is -0.394 e. The molecule has 1 aliphatic rings. The second-order valence-electron chi connectivity index (χ2n) is 5.06. The maximum atomic E-state index is 11.9. The van der Waals surface area contributed by atoms with Crippen LogP contribution in [0.2, 0.25) is 0 Å². The van der Waals surface area contributed by atoms with Gasteiger partial charge in [0, 0.05) is 18.9 Å². The van der Waals surface area contributed by atoms with Gasteiger partial charge in [0.2, 0.25) is 0 Å². The van der Waals surface area contributed by atoms with Crippen molar-refractivity contribution in [1.82, 2.24) is 9.55 Å². The molecule has 0 aromatic carbocycles. The number of aliphatic hydroxyl groups is 2. The highest BCUT2D eigenvalue weighted by Crippen LogP contribution is 2.37. The molecule has 112 valence electrons. The topological polar surface area (TPSA) is 114 Å². The quantitative estimate of drug-likeness (QED) is 0.623. The minimum atomic E-state index is -1.46. The van der Waals surface area contributed by atoms with Gasteiger partial charge in [-0.3, -0.25) is 14.3 Å². The summed E-state index contributed by atoms with van der Waals surface area (Å²) in [6, 6.07) is 0. The summed E-state index contributed by atoms with van der Waals surface area (Å²) in [5, 5.41) is 19.6. The van der Waals surface area contributed by atoms with Crippen molar-refractivity contribution in [3.05, 3.63) is 32.6 Å². The van der Waals surface area contributed by atoms with E-state index in [1.807, 2.05) is 0 Å². The molecular weight excluding hydrogens is 268 g/mol. The van der Waals surface area contributed by atoms with Crippen molar-refractivity contribution in [1.29, 1.82) is 0 Å². The maximum absolute atomic E-state index is 11.9. The summed E-state index contributed by atoms with van der Waals surface area (Å²) in [5.41, 5.74) is -2.28. The molecule has 2 rings (SSSR count). The molecule has 0 amide bonds. The van der Waals surface area contributed by atoms with Gasteiger partial charge in [0.05, 0.1) is 6.61 Å². The first-order chi connectivity index (χ1) is 9.32. The Kier molecular flexibility index (Phi) is 3.83. The first-order valence-electron chi connectivity index (χ1n) is 6.16. The van der Waals surface area contributed by atoms with Gasteiger partial charge in [0.15, 0.2) is 6.23 Å². The lowest BCUT2D eigenvalue weighted by molar-refractivity contribution is -0.0886. The average molecular weight is 286 g/mol. The van der Waals surface area contributed by atoms with E-state index in [1.165, 1.54) is 20.2 Å². The predicted octanol–water partition coefficient (Wildman–Crippen LogP) is -1.50. The Hall–Kier alpha value is -1.48. The van der Waals surface area contributed by atoms with E-state index in [2.05, 4.69) is 4.98 Å². The van der Waals surface area contributed by atoms with E-state index in [1.54, 1.807) is 6.92 Å². The lowest BCUT2D eigenvalue weighted by atomic mass is 9.95. The van der Waals surface area contributed by atoms with Gasteiger partial charge in [-0.2, -0.15) is 0 Å². The molecule has 20 heavy (non-hydrogen) atoms. The number of rotatable bonds is 3. The van der Waals surface area contributed by atoms with Gasteiger partial charge in [-0.25, -0.2) is 4.79 Å². The van der Waals surface area contributed by atoms with Crippen molar-refractivity contribution in [2.24, 2.45) is 0 Å². The molecule has 8 nitrogen and oxygen atoms in total. The number of nitrogens with zero attached hydrogens (tertiary/aromatic N) is 1. The molecule has 3 N–H and O–H groups in total. The van der Waals surface area contributed by atoms with Gasteiger partial charge in [0.25, 0.3) is 5.56 Å². The van der Waals surface area contributed by atoms with Crippen LogP contribution in [0.25, 0.3) is 0 Å². The average Bonchev–Trinajstić information content (AvgIpc) is 2.64. The first kappa shape index (κ1) is 14.9. The standard InChI is InChI=1S/C12H18N2O6/c1-6-4-14(11(17)13-9(6)16)10-8(19-3)12(2,18)7(5-15)20-10/h4,7-8,10,15,18H,5H2,1-3H3,(H,13,16,17)/t7-,8+,10-,12-/m1/s1. The van der Waals surface area contributed by atoms with E-state index >= 15 is 0 Å². The summed E-state index contributed by atoms with van der Waals surface area (Å²) in [5.74, 6) is 0. The van der Waals surface area contributed by atoms with Gasteiger partial charge >= 0.3 is 5.69 Å². The molecule has 0 saturated carbocycles. The van der Waals surface area contributed by atoms with Crippen LogP contribution in [0.3, 0.4) is 0 Å². The van der Waals surface area contributed by atoms with Crippen LogP contribution in [0, 0.1) is 6.92 Å². The summed E-state index contributed by atoms with van der Waals surface area (Å²) in [6.45, 7) is 2.60.